The zero-order valence-corrected chi connectivity index (χ0v) is 15.6. The molecule has 1 amide bonds. The lowest BCUT2D eigenvalue weighted by Crippen LogP contribution is -2.30. The van der Waals surface area contributed by atoms with Crippen LogP contribution in [0.25, 0.3) is 0 Å². The fourth-order valence-corrected chi connectivity index (χ4v) is 2.39. The minimum absolute atomic E-state index is 0.0979. The van der Waals surface area contributed by atoms with E-state index < -0.39 is 18.0 Å². The lowest BCUT2D eigenvalue weighted by atomic mass is 10.1. The molecule has 0 saturated heterocycles. The third-order valence-electron chi connectivity index (χ3n) is 3.82. The van der Waals surface area contributed by atoms with Crippen LogP contribution in [0, 0.1) is 0 Å². The van der Waals surface area contributed by atoms with Gasteiger partial charge < -0.3 is 19.5 Å². The number of hydrogen-bond acceptors (Lipinski definition) is 6. The van der Waals surface area contributed by atoms with E-state index in [4.69, 9.17) is 14.2 Å². The van der Waals surface area contributed by atoms with Crippen LogP contribution in [0.15, 0.2) is 42.5 Å². The van der Waals surface area contributed by atoms with Crippen molar-refractivity contribution in [3.63, 3.8) is 0 Å². The van der Waals surface area contributed by atoms with Crippen molar-refractivity contribution in [2.45, 2.75) is 20.0 Å². The van der Waals surface area contributed by atoms with Gasteiger partial charge in [0.25, 0.3) is 5.91 Å². The van der Waals surface area contributed by atoms with Crippen LogP contribution in [0.3, 0.4) is 0 Å². The zero-order valence-electron chi connectivity index (χ0n) is 15.6. The van der Waals surface area contributed by atoms with Crippen LogP contribution in [0.2, 0.25) is 0 Å². The monoisotopic (exact) mass is 371 g/mol. The van der Waals surface area contributed by atoms with Crippen LogP contribution in [0.4, 0.5) is 5.69 Å². The molecule has 0 bridgehead atoms. The van der Waals surface area contributed by atoms with Crippen molar-refractivity contribution in [2.24, 2.45) is 0 Å². The van der Waals surface area contributed by atoms with E-state index in [-0.39, 0.29) is 22.8 Å². The Bertz CT molecular complexity index is 839. The summed E-state index contributed by atoms with van der Waals surface area (Å²) in [6.45, 7) is 2.88. The number of amides is 1. The van der Waals surface area contributed by atoms with Gasteiger partial charge in [0.1, 0.15) is 17.1 Å². The predicted molar refractivity (Wildman–Crippen MR) is 99.5 cm³/mol. The number of ketones is 1. The number of rotatable bonds is 7. The van der Waals surface area contributed by atoms with Crippen LogP contribution in [-0.4, -0.2) is 38.0 Å². The highest BCUT2D eigenvalue weighted by Gasteiger charge is 2.24. The van der Waals surface area contributed by atoms with Gasteiger partial charge in [-0.2, -0.15) is 0 Å². The lowest BCUT2D eigenvalue weighted by Gasteiger charge is -2.16. The number of benzene rings is 2. The molecule has 2 rings (SSSR count). The summed E-state index contributed by atoms with van der Waals surface area (Å²) in [5, 5.41) is 2.62. The second-order valence-corrected chi connectivity index (χ2v) is 5.71. The molecule has 0 radical (unpaired) electrons. The van der Waals surface area contributed by atoms with Gasteiger partial charge in [-0.05, 0) is 38.1 Å². The Labute approximate surface area is 157 Å². The molecule has 1 atom stereocenters. The van der Waals surface area contributed by atoms with E-state index in [9.17, 15) is 14.4 Å². The van der Waals surface area contributed by atoms with Crippen LogP contribution < -0.4 is 14.8 Å². The molecule has 0 aromatic heterocycles. The van der Waals surface area contributed by atoms with Crippen molar-refractivity contribution in [1.82, 2.24) is 0 Å². The number of nitrogens with one attached hydrogen (secondary N) is 1. The maximum atomic E-state index is 12.5. The Hall–Kier alpha value is -3.35. The molecular formula is C20H21NO6. The number of esters is 1. The first-order chi connectivity index (χ1) is 12.9. The standard InChI is InChI=1S/C20H21NO6/c1-12(22)14-7-5-8-15(11-14)21-19(23)13(2)27-20(24)18-16(25-3)9-6-10-17(18)26-4/h5-11,13H,1-4H3,(H,21,23)/t13-/m0/s1. The molecule has 2 aromatic rings. The third-order valence-corrected chi connectivity index (χ3v) is 3.82. The number of hydrogen-bond donors (Lipinski definition) is 1. The topological polar surface area (TPSA) is 90.9 Å². The molecule has 7 heteroatoms. The number of ether oxygens (including phenoxy) is 3. The van der Waals surface area contributed by atoms with E-state index in [2.05, 4.69) is 5.32 Å². The van der Waals surface area contributed by atoms with E-state index in [0.717, 1.165) is 0 Å². The van der Waals surface area contributed by atoms with Crippen LogP contribution in [0.5, 0.6) is 11.5 Å². The third kappa shape index (κ3) is 4.84. The maximum Gasteiger partial charge on any atom is 0.346 e. The quantitative estimate of drug-likeness (QED) is 0.594. The Balaban J connectivity index is 2.12. The van der Waals surface area contributed by atoms with Crippen molar-refractivity contribution in [2.75, 3.05) is 19.5 Å². The van der Waals surface area contributed by atoms with Gasteiger partial charge in [-0.25, -0.2) is 4.79 Å². The van der Waals surface area contributed by atoms with E-state index in [1.54, 1.807) is 42.5 Å². The lowest BCUT2D eigenvalue weighted by molar-refractivity contribution is -0.123. The van der Waals surface area contributed by atoms with Crippen LogP contribution >= 0.6 is 0 Å². The van der Waals surface area contributed by atoms with Gasteiger partial charge in [-0.3, -0.25) is 9.59 Å². The first-order valence-electron chi connectivity index (χ1n) is 8.21. The second kappa shape index (κ2) is 8.84. The Morgan fingerprint density at radius 3 is 2.11 bits per heavy atom. The molecule has 1 N–H and O–H groups in total. The molecule has 0 saturated carbocycles. The van der Waals surface area contributed by atoms with Crippen molar-refractivity contribution >= 4 is 23.3 Å². The number of methoxy groups -OCH3 is 2. The van der Waals surface area contributed by atoms with Gasteiger partial charge in [0.05, 0.1) is 14.2 Å². The average molecular weight is 371 g/mol. The summed E-state index contributed by atoms with van der Waals surface area (Å²) >= 11 is 0. The van der Waals surface area contributed by atoms with Gasteiger partial charge >= 0.3 is 5.97 Å². The highest BCUT2D eigenvalue weighted by molar-refractivity contribution is 6.01. The summed E-state index contributed by atoms with van der Waals surface area (Å²) in [6.07, 6.45) is -1.08. The Kier molecular flexibility index (Phi) is 6.54. The molecule has 0 fully saturated rings. The number of carbonyl (C=O) groups excluding carboxylic acids is 3. The van der Waals surface area contributed by atoms with Gasteiger partial charge in [0, 0.05) is 11.3 Å². The van der Waals surface area contributed by atoms with Crippen LogP contribution in [-0.2, 0) is 9.53 Å². The van der Waals surface area contributed by atoms with Crippen molar-refractivity contribution in [3.05, 3.63) is 53.6 Å². The normalized spacial score (nSPS) is 11.3. The largest absolute Gasteiger partial charge is 0.496 e. The highest BCUT2D eigenvalue weighted by atomic mass is 16.6. The summed E-state index contributed by atoms with van der Waals surface area (Å²) in [5.41, 5.74) is 1.00. The number of Topliss-reactive ketones (excluding diaryl/α,β-unsaturated/α-hetero) is 1. The second-order valence-electron chi connectivity index (χ2n) is 5.71. The van der Waals surface area contributed by atoms with E-state index in [1.165, 1.54) is 28.1 Å². The molecule has 27 heavy (non-hydrogen) atoms. The van der Waals surface area contributed by atoms with Crippen molar-refractivity contribution in [3.8, 4) is 11.5 Å². The summed E-state index contributed by atoms with van der Waals surface area (Å²) in [5.74, 6) is -0.835. The summed E-state index contributed by atoms with van der Waals surface area (Å²) in [7, 11) is 2.84. The highest BCUT2D eigenvalue weighted by Crippen LogP contribution is 2.29. The van der Waals surface area contributed by atoms with Gasteiger partial charge in [-0.15, -0.1) is 0 Å². The number of anilines is 1. The van der Waals surface area contributed by atoms with E-state index >= 15 is 0 Å². The fourth-order valence-electron chi connectivity index (χ4n) is 2.39. The van der Waals surface area contributed by atoms with Crippen molar-refractivity contribution in [1.29, 1.82) is 0 Å². The molecule has 0 aliphatic carbocycles. The van der Waals surface area contributed by atoms with Crippen LogP contribution in [0.1, 0.15) is 34.6 Å². The molecule has 0 aliphatic heterocycles. The van der Waals surface area contributed by atoms with Gasteiger partial charge in [0.2, 0.25) is 0 Å². The molecule has 0 heterocycles. The molecular weight excluding hydrogens is 350 g/mol. The van der Waals surface area contributed by atoms with E-state index in [0.29, 0.717) is 11.3 Å². The van der Waals surface area contributed by atoms with Gasteiger partial charge in [-0.1, -0.05) is 18.2 Å². The average Bonchev–Trinajstić information content (AvgIpc) is 2.67. The van der Waals surface area contributed by atoms with E-state index in [1.807, 2.05) is 0 Å². The maximum absolute atomic E-state index is 12.5. The number of carbonyl (C=O) groups is 3. The van der Waals surface area contributed by atoms with Gasteiger partial charge in [0.15, 0.2) is 11.9 Å². The molecule has 142 valence electrons. The fraction of sp³-hybridized carbons (Fsp3) is 0.250. The molecule has 7 nitrogen and oxygen atoms in total. The summed E-state index contributed by atoms with van der Waals surface area (Å²) < 4.78 is 15.6. The van der Waals surface area contributed by atoms with Crippen molar-refractivity contribution < 1.29 is 28.6 Å². The molecule has 0 aliphatic rings. The SMILES string of the molecule is COc1cccc(OC)c1C(=O)O[C@@H](C)C(=O)Nc1cccc(C(C)=O)c1. The Morgan fingerprint density at radius 2 is 1.56 bits per heavy atom. The summed E-state index contributed by atoms with van der Waals surface area (Å²) in [6, 6.07) is 11.4. The first-order valence-corrected chi connectivity index (χ1v) is 8.21. The Morgan fingerprint density at radius 1 is 0.963 bits per heavy atom. The smallest absolute Gasteiger partial charge is 0.346 e. The minimum Gasteiger partial charge on any atom is -0.496 e. The zero-order chi connectivity index (χ0) is 20.0. The summed E-state index contributed by atoms with van der Waals surface area (Å²) in [4.78, 5) is 36.3. The molecule has 0 unspecified atom stereocenters. The molecule has 2 aromatic carbocycles. The molecule has 0 spiro atoms. The minimum atomic E-state index is -1.08. The first kappa shape index (κ1) is 20.0. The predicted octanol–water partition coefficient (Wildman–Crippen LogP) is 3.09.